The van der Waals surface area contributed by atoms with Gasteiger partial charge in [0.2, 0.25) is 0 Å². The average molecular weight is 393 g/mol. The van der Waals surface area contributed by atoms with Crippen LogP contribution in [0.25, 0.3) is 10.6 Å². The molecule has 6 nitrogen and oxygen atoms in total. The van der Waals surface area contributed by atoms with E-state index in [1.165, 1.54) is 16.2 Å². The monoisotopic (exact) mass is 393 g/mol. The molecule has 0 saturated carbocycles. The summed E-state index contributed by atoms with van der Waals surface area (Å²) < 4.78 is 5.16. The van der Waals surface area contributed by atoms with Crippen molar-refractivity contribution < 1.29 is 14.3 Å². The van der Waals surface area contributed by atoms with Crippen molar-refractivity contribution in [2.24, 2.45) is 0 Å². The predicted octanol–water partition coefficient (Wildman–Crippen LogP) is 3.79. The number of benzene rings is 2. The summed E-state index contributed by atoms with van der Waals surface area (Å²) >= 11 is 1.49. The zero-order valence-corrected chi connectivity index (χ0v) is 16.3. The summed E-state index contributed by atoms with van der Waals surface area (Å²) in [6.07, 6.45) is 0. The lowest BCUT2D eigenvalue weighted by Gasteiger charge is -2.22. The van der Waals surface area contributed by atoms with Crippen LogP contribution < -0.4 is 10.1 Å². The fraction of sp³-hybridized carbons (Fsp3) is 0.190. The van der Waals surface area contributed by atoms with Gasteiger partial charge in [-0.25, -0.2) is 9.78 Å². The van der Waals surface area contributed by atoms with Gasteiger partial charge in [-0.2, -0.15) is 0 Å². The minimum atomic E-state index is -1.11. The Hall–Kier alpha value is -3.19. The topological polar surface area (TPSA) is 71.5 Å². The summed E-state index contributed by atoms with van der Waals surface area (Å²) in [5.41, 5.74) is 1.30. The van der Waals surface area contributed by atoms with E-state index in [0.29, 0.717) is 17.0 Å². The molecule has 2 aromatic carbocycles. The van der Waals surface area contributed by atoms with Gasteiger partial charge in [0.1, 0.15) is 16.3 Å². The van der Waals surface area contributed by atoms with Gasteiger partial charge in [-0.3, -0.25) is 9.69 Å². The van der Waals surface area contributed by atoms with Gasteiger partial charge in [-0.1, -0.05) is 42.5 Å². The minimum Gasteiger partial charge on any atom is -0.497 e. The number of aromatic nitrogens is 1. The van der Waals surface area contributed by atoms with Gasteiger partial charge in [0.05, 0.1) is 19.3 Å². The van der Waals surface area contributed by atoms with Crippen LogP contribution in [0.15, 0.2) is 60.0 Å². The Morgan fingerprint density at radius 2 is 1.82 bits per heavy atom. The van der Waals surface area contributed by atoms with Crippen LogP contribution >= 0.6 is 11.3 Å². The first-order chi connectivity index (χ1) is 13.5. The number of amides is 3. The molecule has 142 valence electrons. The van der Waals surface area contributed by atoms with E-state index in [4.69, 9.17) is 4.74 Å². The van der Waals surface area contributed by atoms with E-state index in [1.807, 2.05) is 35.7 Å². The van der Waals surface area contributed by atoms with Crippen LogP contribution in [0.5, 0.6) is 5.75 Å². The molecule has 1 atom stereocenters. The number of hydrogen-bond acceptors (Lipinski definition) is 5. The second-order valence-electron chi connectivity index (χ2n) is 6.68. The number of hydrogen-bond donors (Lipinski definition) is 1. The number of carbonyl (C=O) groups is 2. The molecule has 1 aliphatic heterocycles. The molecule has 1 aliphatic rings. The highest BCUT2D eigenvalue weighted by molar-refractivity contribution is 7.13. The Bertz CT molecular complexity index is 1020. The third kappa shape index (κ3) is 3.14. The summed E-state index contributed by atoms with van der Waals surface area (Å²) in [7, 11) is 1.58. The van der Waals surface area contributed by atoms with Crippen molar-refractivity contribution in [3.05, 3.63) is 71.2 Å². The highest BCUT2D eigenvalue weighted by Crippen LogP contribution is 2.31. The molecule has 3 aromatic rings. The first-order valence-electron chi connectivity index (χ1n) is 8.80. The number of nitrogens with one attached hydrogen (secondary N) is 1. The molecule has 1 fully saturated rings. The number of thiazole rings is 1. The quantitative estimate of drug-likeness (QED) is 0.670. The van der Waals surface area contributed by atoms with Crippen LogP contribution in [-0.2, 0) is 16.9 Å². The van der Waals surface area contributed by atoms with Gasteiger partial charge >= 0.3 is 6.03 Å². The molecule has 0 unspecified atom stereocenters. The van der Waals surface area contributed by atoms with E-state index in [-0.39, 0.29) is 12.5 Å². The maximum absolute atomic E-state index is 13.1. The van der Waals surface area contributed by atoms with Crippen LogP contribution in [0.4, 0.5) is 4.79 Å². The lowest BCUT2D eigenvalue weighted by molar-refractivity contribution is -0.131. The number of rotatable bonds is 5. The summed E-state index contributed by atoms with van der Waals surface area (Å²) in [4.78, 5) is 31.4. The van der Waals surface area contributed by atoms with E-state index >= 15 is 0 Å². The highest BCUT2D eigenvalue weighted by atomic mass is 32.1. The molecule has 7 heteroatoms. The molecule has 0 radical (unpaired) electrons. The van der Waals surface area contributed by atoms with E-state index in [9.17, 15) is 9.59 Å². The zero-order valence-electron chi connectivity index (χ0n) is 15.5. The Kier molecular flexibility index (Phi) is 4.60. The van der Waals surface area contributed by atoms with Crippen LogP contribution in [0.3, 0.4) is 0 Å². The minimum absolute atomic E-state index is 0.139. The van der Waals surface area contributed by atoms with Gasteiger partial charge < -0.3 is 10.1 Å². The molecule has 28 heavy (non-hydrogen) atoms. The van der Waals surface area contributed by atoms with Crippen molar-refractivity contribution >= 4 is 23.3 Å². The molecule has 0 aliphatic carbocycles. The maximum atomic E-state index is 13.1. The lowest BCUT2D eigenvalue weighted by atomic mass is 9.92. The van der Waals surface area contributed by atoms with Crippen LogP contribution in [-0.4, -0.2) is 28.9 Å². The Morgan fingerprint density at radius 1 is 1.11 bits per heavy atom. The number of methoxy groups -OCH3 is 1. The number of ether oxygens (including phenoxy) is 1. The van der Waals surface area contributed by atoms with Crippen LogP contribution in [0.1, 0.15) is 18.2 Å². The normalized spacial score (nSPS) is 19.0. The highest BCUT2D eigenvalue weighted by Gasteiger charge is 2.49. The van der Waals surface area contributed by atoms with E-state index in [0.717, 1.165) is 10.6 Å². The SMILES string of the molecule is COc1ccc([C@]2(C)NC(=O)N(Cc3csc(-c4ccccc4)n3)C2=O)cc1. The van der Waals surface area contributed by atoms with Crippen LogP contribution in [0.2, 0.25) is 0 Å². The number of carbonyl (C=O) groups excluding carboxylic acids is 2. The van der Waals surface area contributed by atoms with Gasteiger partial charge in [0.15, 0.2) is 0 Å². The third-order valence-electron chi connectivity index (χ3n) is 4.83. The van der Waals surface area contributed by atoms with E-state index in [2.05, 4.69) is 10.3 Å². The van der Waals surface area contributed by atoms with Crippen molar-refractivity contribution in [2.75, 3.05) is 7.11 Å². The van der Waals surface area contributed by atoms with Crippen molar-refractivity contribution in [1.29, 1.82) is 0 Å². The summed E-state index contributed by atoms with van der Waals surface area (Å²) in [6.45, 7) is 1.85. The Balaban J connectivity index is 1.55. The predicted molar refractivity (Wildman–Crippen MR) is 107 cm³/mol. The molecule has 1 aromatic heterocycles. The molecular formula is C21H19N3O3S. The molecular weight excluding hydrogens is 374 g/mol. The maximum Gasteiger partial charge on any atom is 0.325 e. The molecule has 1 saturated heterocycles. The summed E-state index contributed by atoms with van der Waals surface area (Å²) in [6, 6.07) is 16.5. The van der Waals surface area contributed by atoms with Crippen LogP contribution in [0, 0.1) is 0 Å². The fourth-order valence-corrected chi connectivity index (χ4v) is 4.03. The first kappa shape index (κ1) is 18.2. The van der Waals surface area contributed by atoms with Crippen molar-refractivity contribution in [3.8, 4) is 16.3 Å². The molecule has 3 amide bonds. The number of imide groups is 1. The van der Waals surface area contributed by atoms with Crippen molar-refractivity contribution in [1.82, 2.24) is 15.2 Å². The van der Waals surface area contributed by atoms with Crippen molar-refractivity contribution in [3.63, 3.8) is 0 Å². The van der Waals surface area contributed by atoms with Gasteiger partial charge in [0.25, 0.3) is 5.91 Å². The summed E-state index contributed by atoms with van der Waals surface area (Å²) in [5, 5.41) is 5.56. The smallest absolute Gasteiger partial charge is 0.325 e. The standard InChI is InChI=1S/C21H19N3O3S/c1-21(15-8-10-17(27-2)11-9-15)19(25)24(20(26)23-21)12-16-13-28-18(22-16)14-6-4-3-5-7-14/h3-11,13H,12H2,1-2H3,(H,23,26)/t21-/m0/s1. The number of urea groups is 1. The molecule has 4 rings (SSSR count). The van der Waals surface area contributed by atoms with E-state index in [1.54, 1.807) is 38.3 Å². The first-order valence-corrected chi connectivity index (χ1v) is 9.68. The van der Waals surface area contributed by atoms with Gasteiger partial charge in [-0.05, 0) is 24.6 Å². The fourth-order valence-electron chi connectivity index (χ4n) is 3.22. The van der Waals surface area contributed by atoms with Gasteiger partial charge in [0, 0.05) is 10.9 Å². The molecule has 0 bridgehead atoms. The Morgan fingerprint density at radius 3 is 2.50 bits per heavy atom. The van der Waals surface area contributed by atoms with E-state index < -0.39 is 11.6 Å². The molecule has 2 heterocycles. The second-order valence-corrected chi connectivity index (χ2v) is 7.54. The van der Waals surface area contributed by atoms with Crippen molar-refractivity contribution in [2.45, 2.75) is 19.0 Å². The largest absolute Gasteiger partial charge is 0.497 e. The lowest BCUT2D eigenvalue weighted by Crippen LogP contribution is -2.40. The molecule has 1 N–H and O–H groups in total. The second kappa shape index (κ2) is 7.09. The zero-order chi connectivity index (χ0) is 19.7. The Labute approximate surface area is 166 Å². The van der Waals surface area contributed by atoms with Gasteiger partial charge in [-0.15, -0.1) is 11.3 Å². The molecule has 0 spiro atoms. The number of nitrogens with zero attached hydrogens (tertiary/aromatic N) is 2. The third-order valence-corrected chi connectivity index (χ3v) is 5.78. The summed E-state index contributed by atoms with van der Waals surface area (Å²) in [5.74, 6) is 0.397. The average Bonchev–Trinajstić information content (AvgIpc) is 3.28.